The van der Waals surface area contributed by atoms with E-state index in [-0.39, 0.29) is 18.2 Å². The van der Waals surface area contributed by atoms with Crippen LogP contribution >= 0.6 is 0 Å². The van der Waals surface area contributed by atoms with Gasteiger partial charge < -0.3 is 9.47 Å². The first-order chi connectivity index (χ1) is 5.72. The Kier molecular flexibility index (Phi) is 3.29. The average Bonchev–Trinajstić information content (AvgIpc) is 2.05. The summed E-state index contributed by atoms with van der Waals surface area (Å²) in [5, 5.41) is 0. The van der Waals surface area contributed by atoms with Gasteiger partial charge in [0, 0.05) is 14.0 Å². The number of hydrogen-bond donors (Lipinski definition) is 0. The molecule has 0 fully saturated rings. The zero-order valence-electron chi connectivity index (χ0n) is 7.45. The molecule has 12 heavy (non-hydrogen) atoms. The summed E-state index contributed by atoms with van der Waals surface area (Å²) in [7, 11) is 1.68. The van der Waals surface area contributed by atoms with Gasteiger partial charge in [-0.1, -0.05) is 6.08 Å². The first-order valence-electron chi connectivity index (χ1n) is 4.10. The van der Waals surface area contributed by atoms with Crippen LogP contribution in [0.1, 0.15) is 19.8 Å². The second-order valence-electron chi connectivity index (χ2n) is 2.88. The molecule has 0 N–H and O–H groups in total. The van der Waals surface area contributed by atoms with Gasteiger partial charge in [0.15, 0.2) is 0 Å². The Labute approximate surface area is 72.4 Å². The van der Waals surface area contributed by atoms with Gasteiger partial charge in [-0.2, -0.15) is 0 Å². The van der Waals surface area contributed by atoms with E-state index in [9.17, 15) is 4.79 Å². The molecule has 2 atom stereocenters. The highest BCUT2D eigenvalue weighted by atomic mass is 16.5. The first-order valence-corrected chi connectivity index (χ1v) is 4.10. The minimum atomic E-state index is -0.222. The van der Waals surface area contributed by atoms with E-state index in [1.165, 1.54) is 6.92 Å². The lowest BCUT2D eigenvalue weighted by Crippen LogP contribution is -2.22. The summed E-state index contributed by atoms with van der Waals surface area (Å²) >= 11 is 0. The Balaban J connectivity index is 2.37. The number of carbonyl (C=O) groups excluding carboxylic acids is 1. The van der Waals surface area contributed by atoms with Gasteiger partial charge in [0.2, 0.25) is 0 Å². The molecule has 3 heteroatoms. The van der Waals surface area contributed by atoms with Crippen molar-refractivity contribution in [3.05, 3.63) is 12.2 Å². The number of carbonyl (C=O) groups is 1. The van der Waals surface area contributed by atoms with E-state index >= 15 is 0 Å². The maximum Gasteiger partial charge on any atom is 0.303 e. The molecule has 0 aromatic heterocycles. The fourth-order valence-corrected chi connectivity index (χ4v) is 1.28. The van der Waals surface area contributed by atoms with Crippen molar-refractivity contribution in [2.24, 2.45) is 0 Å². The number of ether oxygens (including phenoxy) is 2. The van der Waals surface area contributed by atoms with E-state index in [0.717, 1.165) is 12.8 Å². The van der Waals surface area contributed by atoms with Gasteiger partial charge in [-0.3, -0.25) is 4.79 Å². The van der Waals surface area contributed by atoms with Crippen LogP contribution in [0, 0.1) is 0 Å². The second kappa shape index (κ2) is 4.26. The van der Waals surface area contributed by atoms with E-state index in [2.05, 4.69) is 0 Å². The molecular weight excluding hydrogens is 156 g/mol. The molecule has 1 rings (SSSR count). The average molecular weight is 170 g/mol. The van der Waals surface area contributed by atoms with Crippen LogP contribution in [0.15, 0.2) is 12.2 Å². The predicted molar refractivity (Wildman–Crippen MR) is 44.7 cm³/mol. The summed E-state index contributed by atoms with van der Waals surface area (Å²) in [5.41, 5.74) is 0. The van der Waals surface area contributed by atoms with Gasteiger partial charge in [-0.15, -0.1) is 0 Å². The van der Waals surface area contributed by atoms with Crippen molar-refractivity contribution in [2.45, 2.75) is 32.0 Å². The van der Waals surface area contributed by atoms with E-state index in [0.29, 0.717) is 0 Å². The lowest BCUT2D eigenvalue weighted by atomic mass is 10.0. The zero-order chi connectivity index (χ0) is 8.97. The number of esters is 1. The summed E-state index contributed by atoms with van der Waals surface area (Å²) in [6.45, 7) is 1.43. The summed E-state index contributed by atoms with van der Waals surface area (Å²) in [4.78, 5) is 10.6. The molecule has 0 amide bonds. The van der Waals surface area contributed by atoms with Crippen LogP contribution in [0.4, 0.5) is 0 Å². The molecule has 0 spiro atoms. The fourth-order valence-electron chi connectivity index (χ4n) is 1.28. The molecule has 1 aliphatic carbocycles. The number of hydrogen-bond acceptors (Lipinski definition) is 3. The van der Waals surface area contributed by atoms with E-state index in [1.807, 2.05) is 12.2 Å². The van der Waals surface area contributed by atoms with Crippen molar-refractivity contribution in [1.82, 2.24) is 0 Å². The third-order valence-corrected chi connectivity index (χ3v) is 1.90. The minimum Gasteiger partial charge on any atom is -0.458 e. The molecule has 0 bridgehead atoms. The fraction of sp³-hybridized carbons (Fsp3) is 0.667. The summed E-state index contributed by atoms with van der Waals surface area (Å²) in [5.74, 6) is -0.222. The van der Waals surface area contributed by atoms with Crippen LogP contribution in [0.5, 0.6) is 0 Å². The van der Waals surface area contributed by atoms with Gasteiger partial charge in [0.1, 0.15) is 6.10 Å². The number of rotatable bonds is 2. The van der Waals surface area contributed by atoms with E-state index in [1.54, 1.807) is 7.11 Å². The van der Waals surface area contributed by atoms with Crippen LogP contribution in [0.25, 0.3) is 0 Å². The molecule has 0 saturated heterocycles. The minimum absolute atomic E-state index is 0.0473. The molecule has 0 radical (unpaired) electrons. The summed E-state index contributed by atoms with van der Waals surface area (Å²) in [6, 6.07) is 0. The lowest BCUT2D eigenvalue weighted by Gasteiger charge is -2.21. The molecule has 0 aromatic rings. The van der Waals surface area contributed by atoms with Crippen molar-refractivity contribution < 1.29 is 14.3 Å². The molecule has 0 aliphatic heterocycles. The van der Waals surface area contributed by atoms with Crippen molar-refractivity contribution in [2.75, 3.05) is 7.11 Å². The highest BCUT2D eigenvalue weighted by Crippen LogP contribution is 2.16. The van der Waals surface area contributed by atoms with Gasteiger partial charge >= 0.3 is 5.97 Å². The molecule has 0 saturated carbocycles. The largest absolute Gasteiger partial charge is 0.458 e. The summed E-state index contributed by atoms with van der Waals surface area (Å²) < 4.78 is 10.1. The van der Waals surface area contributed by atoms with Crippen molar-refractivity contribution in [3.8, 4) is 0 Å². The topological polar surface area (TPSA) is 35.5 Å². The molecule has 68 valence electrons. The van der Waals surface area contributed by atoms with Crippen LogP contribution < -0.4 is 0 Å². The number of methoxy groups -OCH3 is 1. The summed E-state index contributed by atoms with van der Waals surface area (Å²) in [6.07, 6.45) is 5.75. The molecule has 0 heterocycles. The lowest BCUT2D eigenvalue weighted by molar-refractivity contribution is -0.144. The third-order valence-electron chi connectivity index (χ3n) is 1.90. The van der Waals surface area contributed by atoms with Crippen molar-refractivity contribution in [1.29, 1.82) is 0 Å². The Morgan fingerprint density at radius 1 is 1.33 bits per heavy atom. The zero-order valence-corrected chi connectivity index (χ0v) is 7.45. The maximum absolute atomic E-state index is 10.6. The highest BCUT2D eigenvalue weighted by molar-refractivity contribution is 5.66. The molecule has 3 nitrogen and oxygen atoms in total. The van der Waals surface area contributed by atoms with Crippen molar-refractivity contribution >= 4 is 5.97 Å². The third kappa shape index (κ3) is 2.66. The quantitative estimate of drug-likeness (QED) is 0.462. The SMILES string of the molecule is COC1C=CC(OC(C)=O)CC1. The van der Waals surface area contributed by atoms with Crippen LogP contribution in [-0.2, 0) is 14.3 Å². The Morgan fingerprint density at radius 3 is 2.33 bits per heavy atom. The Hall–Kier alpha value is -0.830. The first kappa shape index (κ1) is 9.26. The van der Waals surface area contributed by atoms with Gasteiger partial charge in [-0.25, -0.2) is 0 Å². The molecule has 1 aliphatic rings. The van der Waals surface area contributed by atoms with Crippen LogP contribution in [0.3, 0.4) is 0 Å². The standard InChI is InChI=1S/C9H14O3/c1-7(10)12-9-5-3-8(11-2)4-6-9/h3,5,8-9H,4,6H2,1-2H3. The monoisotopic (exact) mass is 170 g/mol. The Bertz CT molecular complexity index is 186. The van der Waals surface area contributed by atoms with Crippen LogP contribution in [-0.4, -0.2) is 25.3 Å². The van der Waals surface area contributed by atoms with E-state index < -0.39 is 0 Å². The smallest absolute Gasteiger partial charge is 0.303 e. The second-order valence-corrected chi connectivity index (χ2v) is 2.88. The normalized spacial score (nSPS) is 28.5. The van der Waals surface area contributed by atoms with Gasteiger partial charge in [0.25, 0.3) is 0 Å². The van der Waals surface area contributed by atoms with Gasteiger partial charge in [-0.05, 0) is 18.9 Å². The van der Waals surface area contributed by atoms with Crippen LogP contribution in [0.2, 0.25) is 0 Å². The van der Waals surface area contributed by atoms with E-state index in [4.69, 9.17) is 9.47 Å². The molecule has 2 unspecified atom stereocenters. The molecule has 0 aromatic carbocycles. The maximum atomic E-state index is 10.6. The van der Waals surface area contributed by atoms with Gasteiger partial charge in [0.05, 0.1) is 6.10 Å². The predicted octanol–water partition coefficient (Wildman–Crippen LogP) is 1.28. The highest BCUT2D eigenvalue weighted by Gasteiger charge is 2.16. The Morgan fingerprint density at radius 2 is 1.92 bits per heavy atom. The van der Waals surface area contributed by atoms with Crippen molar-refractivity contribution in [3.63, 3.8) is 0 Å². The molecular formula is C9H14O3.